The highest BCUT2D eigenvalue weighted by Crippen LogP contribution is 2.26. The molecule has 9 heteroatoms. The van der Waals surface area contributed by atoms with E-state index < -0.39 is 0 Å². The summed E-state index contributed by atoms with van der Waals surface area (Å²) in [6, 6.07) is 8.16. The second kappa shape index (κ2) is 12.4. The van der Waals surface area contributed by atoms with Crippen LogP contribution in [0.5, 0.6) is 0 Å². The van der Waals surface area contributed by atoms with Gasteiger partial charge in [0, 0.05) is 38.9 Å². The molecule has 0 aliphatic carbocycles. The van der Waals surface area contributed by atoms with Crippen molar-refractivity contribution < 1.29 is 4.42 Å². The van der Waals surface area contributed by atoms with Gasteiger partial charge in [-0.05, 0) is 43.8 Å². The molecule has 1 saturated heterocycles. The molecule has 2 atom stereocenters. The Morgan fingerprint density at radius 3 is 2.80 bits per heavy atom. The van der Waals surface area contributed by atoms with Crippen molar-refractivity contribution in [3.05, 3.63) is 47.5 Å². The zero-order valence-corrected chi connectivity index (χ0v) is 20.9. The molecule has 1 fully saturated rings. The molecule has 1 aliphatic heterocycles. The third kappa shape index (κ3) is 6.24. The highest BCUT2D eigenvalue weighted by molar-refractivity contribution is 14.0. The third-order valence-electron chi connectivity index (χ3n) is 5.38. The molecule has 3 heterocycles. The maximum Gasteiger partial charge on any atom is 0.191 e. The first-order valence-corrected chi connectivity index (χ1v) is 10.6. The zero-order valence-electron chi connectivity index (χ0n) is 17.8. The summed E-state index contributed by atoms with van der Waals surface area (Å²) in [6.45, 7) is 8.73. The molecule has 0 bridgehead atoms. The van der Waals surface area contributed by atoms with Crippen LogP contribution in [0.15, 0.2) is 46.1 Å². The van der Waals surface area contributed by atoms with Gasteiger partial charge in [-0.3, -0.25) is 9.89 Å². The van der Waals surface area contributed by atoms with E-state index in [0.29, 0.717) is 5.02 Å². The largest absolute Gasteiger partial charge is 0.468 e. The molecule has 2 unspecified atom stereocenters. The summed E-state index contributed by atoms with van der Waals surface area (Å²) < 4.78 is 5.69. The van der Waals surface area contributed by atoms with E-state index in [1.165, 1.54) is 0 Å². The molecule has 2 N–H and O–H groups in total. The van der Waals surface area contributed by atoms with Crippen LogP contribution in [0.3, 0.4) is 0 Å². The Balaban J connectivity index is 0.00000320. The van der Waals surface area contributed by atoms with Crippen LogP contribution >= 0.6 is 35.6 Å². The SMILES string of the molecule is CCN(CC)C(CNC(=NC)NC1CCN(c2ncccc2Cl)C1)c1ccco1.I. The maximum absolute atomic E-state index is 6.30. The number of anilines is 1. The molecule has 166 valence electrons. The highest BCUT2D eigenvalue weighted by Gasteiger charge is 2.26. The van der Waals surface area contributed by atoms with Crippen molar-refractivity contribution in [3.63, 3.8) is 0 Å². The zero-order chi connectivity index (χ0) is 20.6. The van der Waals surface area contributed by atoms with Gasteiger partial charge in [-0.25, -0.2) is 4.98 Å². The van der Waals surface area contributed by atoms with Crippen molar-refractivity contribution >= 4 is 47.4 Å². The van der Waals surface area contributed by atoms with E-state index in [-0.39, 0.29) is 36.1 Å². The second-order valence-electron chi connectivity index (χ2n) is 7.09. The van der Waals surface area contributed by atoms with Crippen molar-refractivity contribution in [1.82, 2.24) is 20.5 Å². The van der Waals surface area contributed by atoms with Crippen molar-refractivity contribution in [1.29, 1.82) is 0 Å². The molecule has 30 heavy (non-hydrogen) atoms. The number of furan rings is 1. The van der Waals surface area contributed by atoms with Crippen LogP contribution in [0.25, 0.3) is 0 Å². The number of hydrogen-bond donors (Lipinski definition) is 2. The fourth-order valence-corrected chi connectivity index (χ4v) is 4.06. The number of rotatable bonds is 8. The molecule has 3 rings (SSSR count). The minimum Gasteiger partial charge on any atom is -0.468 e. The van der Waals surface area contributed by atoms with Gasteiger partial charge in [-0.2, -0.15) is 0 Å². The molecule has 0 aromatic carbocycles. The minimum atomic E-state index is 0. The summed E-state index contributed by atoms with van der Waals surface area (Å²) in [4.78, 5) is 13.4. The molecule has 0 amide bonds. The summed E-state index contributed by atoms with van der Waals surface area (Å²) in [5.74, 6) is 2.61. The van der Waals surface area contributed by atoms with Crippen molar-refractivity contribution in [2.75, 3.05) is 44.7 Å². The topological polar surface area (TPSA) is 68.9 Å². The monoisotopic (exact) mass is 546 g/mol. The van der Waals surface area contributed by atoms with Crippen LogP contribution in [0, 0.1) is 0 Å². The van der Waals surface area contributed by atoms with E-state index in [2.05, 4.69) is 44.3 Å². The standard InChI is InChI=1S/C21H31ClN6O.HI/c1-4-27(5-2)18(19-9-7-13-29-19)14-25-21(23-3)26-16-10-12-28(15-16)20-17(22)8-6-11-24-20;/h6-9,11,13,16,18H,4-5,10,12,14-15H2,1-3H3,(H2,23,25,26);1H. The van der Waals surface area contributed by atoms with Gasteiger partial charge < -0.3 is 20.0 Å². The molecular weight excluding hydrogens is 515 g/mol. The lowest BCUT2D eigenvalue weighted by Gasteiger charge is -2.29. The fraction of sp³-hybridized carbons (Fsp3) is 0.524. The van der Waals surface area contributed by atoms with E-state index in [4.69, 9.17) is 16.0 Å². The average Bonchev–Trinajstić information content (AvgIpc) is 3.43. The summed E-state index contributed by atoms with van der Waals surface area (Å²) in [7, 11) is 1.80. The second-order valence-corrected chi connectivity index (χ2v) is 7.50. The Kier molecular flexibility index (Phi) is 10.2. The van der Waals surface area contributed by atoms with Gasteiger partial charge in [-0.15, -0.1) is 24.0 Å². The number of hydrogen-bond acceptors (Lipinski definition) is 5. The first-order chi connectivity index (χ1) is 14.2. The van der Waals surface area contributed by atoms with E-state index in [0.717, 1.165) is 56.7 Å². The third-order valence-corrected chi connectivity index (χ3v) is 5.67. The molecule has 1 aliphatic rings. The fourth-order valence-electron chi connectivity index (χ4n) is 3.82. The van der Waals surface area contributed by atoms with Gasteiger partial charge in [0.15, 0.2) is 5.96 Å². The van der Waals surface area contributed by atoms with Crippen molar-refractivity contribution in [3.8, 4) is 0 Å². The van der Waals surface area contributed by atoms with Crippen LogP contribution in [0.1, 0.15) is 32.1 Å². The maximum atomic E-state index is 6.30. The molecule has 7 nitrogen and oxygen atoms in total. The number of likely N-dealkylation sites (N-methyl/N-ethyl adjacent to an activating group) is 1. The molecule has 2 aromatic rings. The number of aromatic nitrogens is 1. The van der Waals surface area contributed by atoms with Gasteiger partial charge in [-0.1, -0.05) is 25.4 Å². The van der Waals surface area contributed by atoms with Crippen molar-refractivity contribution in [2.45, 2.75) is 32.4 Å². The van der Waals surface area contributed by atoms with Gasteiger partial charge in [0.1, 0.15) is 11.6 Å². The van der Waals surface area contributed by atoms with Gasteiger partial charge in [0.2, 0.25) is 0 Å². The lowest BCUT2D eigenvalue weighted by Crippen LogP contribution is -2.47. The Hall–Kier alpha value is -1.52. The smallest absolute Gasteiger partial charge is 0.191 e. The predicted octanol–water partition coefficient (Wildman–Crippen LogP) is 3.77. The Morgan fingerprint density at radius 2 is 2.17 bits per heavy atom. The van der Waals surface area contributed by atoms with Crippen LogP contribution in [-0.4, -0.2) is 61.7 Å². The highest BCUT2D eigenvalue weighted by atomic mass is 127. The quantitative estimate of drug-likeness (QED) is 0.298. The Bertz CT molecular complexity index is 784. The number of aliphatic imine (C=N–C) groups is 1. The number of pyridine rings is 1. The summed E-state index contributed by atoms with van der Waals surface area (Å²) in [5.41, 5.74) is 0. The molecule has 2 aromatic heterocycles. The summed E-state index contributed by atoms with van der Waals surface area (Å²) in [6.07, 6.45) is 4.52. The van der Waals surface area contributed by atoms with Gasteiger partial charge >= 0.3 is 0 Å². The first kappa shape index (κ1) is 24.7. The van der Waals surface area contributed by atoms with Crippen molar-refractivity contribution in [2.24, 2.45) is 4.99 Å². The Labute approximate surface area is 201 Å². The first-order valence-electron chi connectivity index (χ1n) is 10.3. The lowest BCUT2D eigenvalue weighted by molar-refractivity contribution is 0.193. The normalized spacial score (nSPS) is 17.7. The van der Waals surface area contributed by atoms with Crippen LogP contribution < -0.4 is 15.5 Å². The number of guanidine groups is 1. The molecule has 0 saturated carbocycles. The lowest BCUT2D eigenvalue weighted by atomic mass is 10.2. The van der Waals surface area contributed by atoms with Crippen LogP contribution in [0.2, 0.25) is 5.02 Å². The van der Waals surface area contributed by atoms with E-state index in [1.54, 1.807) is 19.5 Å². The van der Waals surface area contributed by atoms with Crippen LogP contribution in [-0.2, 0) is 0 Å². The summed E-state index contributed by atoms with van der Waals surface area (Å²) in [5, 5.41) is 7.71. The van der Waals surface area contributed by atoms with E-state index >= 15 is 0 Å². The predicted molar refractivity (Wildman–Crippen MR) is 134 cm³/mol. The van der Waals surface area contributed by atoms with Crippen LogP contribution in [0.4, 0.5) is 5.82 Å². The molecule has 0 spiro atoms. The number of nitrogens with one attached hydrogen (secondary N) is 2. The van der Waals surface area contributed by atoms with Gasteiger partial charge in [0.25, 0.3) is 0 Å². The van der Waals surface area contributed by atoms with E-state index in [9.17, 15) is 0 Å². The van der Waals surface area contributed by atoms with E-state index in [1.807, 2.05) is 24.3 Å². The molecular formula is C21H32ClIN6O. The number of nitrogens with zero attached hydrogens (tertiary/aromatic N) is 4. The Morgan fingerprint density at radius 1 is 1.37 bits per heavy atom. The molecule has 0 radical (unpaired) electrons. The average molecular weight is 547 g/mol. The van der Waals surface area contributed by atoms with Gasteiger partial charge in [0.05, 0.1) is 17.3 Å². The minimum absolute atomic E-state index is 0. The number of halogens is 2. The summed E-state index contributed by atoms with van der Waals surface area (Å²) >= 11 is 6.30.